The van der Waals surface area contributed by atoms with Crippen LogP contribution in [0.4, 0.5) is 0 Å². The zero-order chi connectivity index (χ0) is 15.4. The van der Waals surface area contributed by atoms with Crippen molar-refractivity contribution in [1.82, 2.24) is 4.98 Å². The van der Waals surface area contributed by atoms with Gasteiger partial charge in [0, 0.05) is 0 Å². The van der Waals surface area contributed by atoms with Crippen LogP contribution >= 0.6 is 0 Å². The molecule has 0 saturated heterocycles. The zero-order valence-corrected chi connectivity index (χ0v) is 13.3. The first-order valence-electron chi connectivity index (χ1n) is 6.73. The lowest BCUT2D eigenvalue weighted by atomic mass is 9.90. The summed E-state index contributed by atoms with van der Waals surface area (Å²) in [5.74, 6) is 0.966. The molecule has 6 heteroatoms. The van der Waals surface area contributed by atoms with E-state index in [0.29, 0.717) is 24.5 Å². The number of hydrogen-bond acceptors (Lipinski definition) is 4. The van der Waals surface area contributed by atoms with Gasteiger partial charge in [-0.3, -0.25) is 4.55 Å². The number of oxazole rings is 1. The van der Waals surface area contributed by atoms with Crippen LogP contribution in [0.5, 0.6) is 0 Å². The molecule has 0 atom stereocenters. The fourth-order valence-corrected chi connectivity index (χ4v) is 2.10. The number of aryl methyl sites for hydroxylation is 2. The normalized spacial score (nSPS) is 13.2. The van der Waals surface area contributed by atoms with Crippen molar-refractivity contribution in [3.05, 3.63) is 23.4 Å². The van der Waals surface area contributed by atoms with Crippen LogP contribution in [0.2, 0.25) is 0 Å². The molecule has 1 N–H and O–H groups in total. The van der Waals surface area contributed by atoms with Crippen LogP contribution in [-0.4, -0.2) is 23.7 Å². The van der Waals surface area contributed by atoms with E-state index < -0.39 is 10.1 Å². The van der Waals surface area contributed by atoms with Crippen LogP contribution in [0.15, 0.2) is 10.5 Å². The first kappa shape index (κ1) is 16.9. The molecule has 1 aromatic heterocycles. The van der Waals surface area contributed by atoms with Crippen molar-refractivity contribution in [3.63, 3.8) is 0 Å². The third-order valence-electron chi connectivity index (χ3n) is 3.31. The minimum absolute atomic E-state index is 0.0908. The Hall–Kier alpha value is -1.14. The van der Waals surface area contributed by atoms with E-state index in [4.69, 9.17) is 8.97 Å². The van der Waals surface area contributed by atoms with E-state index in [2.05, 4.69) is 31.8 Å². The van der Waals surface area contributed by atoms with Crippen LogP contribution < -0.4 is 0 Å². The summed E-state index contributed by atoms with van der Waals surface area (Å²) in [5, 5.41) is 0. The lowest BCUT2D eigenvalue weighted by Crippen LogP contribution is -2.05. The first-order valence-corrected chi connectivity index (χ1v) is 8.34. The Morgan fingerprint density at radius 2 is 2.05 bits per heavy atom. The molecule has 20 heavy (non-hydrogen) atoms. The van der Waals surface area contributed by atoms with Crippen LogP contribution in [0.1, 0.15) is 51.0 Å². The Balaban J connectivity index is 2.68. The quantitative estimate of drug-likeness (QED) is 0.782. The van der Waals surface area contributed by atoms with Gasteiger partial charge in [0.15, 0.2) is 0 Å². The van der Waals surface area contributed by atoms with E-state index in [0.717, 1.165) is 12.1 Å². The first-order chi connectivity index (χ1) is 9.13. The maximum atomic E-state index is 10.7. The summed E-state index contributed by atoms with van der Waals surface area (Å²) in [6, 6.07) is 0. The van der Waals surface area contributed by atoms with Crippen molar-refractivity contribution in [2.24, 2.45) is 5.41 Å². The Morgan fingerprint density at radius 1 is 1.40 bits per heavy atom. The van der Waals surface area contributed by atoms with Gasteiger partial charge in [0.25, 0.3) is 10.1 Å². The van der Waals surface area contributed by atoms with Gasteiger partial charge in [0.05, 0.1) is 11.4 Å². The second-order valence-corrected chi connectivity index (χ2v) is 7.19. The summed E-state index contributed by atoms with van der Waals surface area (Å²) in [7, 11) is -3.91. The molecule has 0 radical (unpaired) electrons. The van der Waals surface area contributed by atoms with E-state index in [1.807, 2.05) is 6.08 Å². The molecule has 0 unspecified atom stereocenters. The van der Waals surface area contributed by atoms with E-state index >= 15 is 0 Å². The lowest BCUT2D eigenvalue weighted by molar-refractivity contribution is 0.461. The molecule has 0 saturated carbocycles. The van der Waals surface area contributed by atoms with Gasteiger partial charge in [-0.25, -0.2) is 4.98 Å². The minimum atomic E-state index is -3.91. The Bertz CT molecular complexity index is 570. The predicted molar refractivity (Wildman–Crippen MR) is 79.1 cm³/mol. The van der Waals surface area contributed by atoms with Crippen LogP contribution in [0.25, 0.3) is 6.08 Å². The highest BCUT2D eigenvalue weighted by Crippen LogP contribution is 2.23. The lowest BCUT2D eigenvalue weighted by Gasteiger charge is -2.15. The molecular formula is C14H23NO4S. The van der Waals surface area contributed by atoms with E-state index in [1.54, 1.807) is 6.92 Å². The molecule has 0 bridgehead atoms. The molecule has 0 amide bonds. The summed E-state index contributed by atoms with van der Waals surface area (Å²) in [6.07, 6.45) is 5.73. The summed E-state index contributed by atoms with van der Waals surface area (Å²) >= 11 is 0. The van der Waals surface area contributed by atoms with Gasteiger partial charge in [0.2, 0.25) is 5.89 Å². The van der Waals surface area contributed by atoms with Gasteiger partial charge >= 0.3 is 0 Å². The second-order valence-electron chi connectivity index (χ2n) is 5.62. The molecule has 0 aliphatic heterocycles. The van der Waals surface area contributed by atoms with Gasteiger partial charge in [-0.15, -0.1) is 0 Å². The Kier molecular flexibility index (Phi) is 5.53. The third-order valence-corrected chi connectivity index (χ3v) is 4.12. The topological polar surface area (TPSA) is 80.4 Å². The van der Waals surface area contributed by atoms with Crippen molar-refractivity contribution in [2.45, 2.75) is 47.0 Å². The summed E-state index contributed by atoms with van der Waals surface area (Å²) in [5.41, 5.74) is 0.829. The minimum Gasteiger partial charge on any atom is -0.442 e. The number of aromatic nitrogens is 1. The maximum Gasteiger partial charge on any atom is 0.264 e. The average molecular weight is 301 g/mol. The molecule has 1 aromatic rings. The molecule has 1 rings (SSSR count). The second kappa shape index (κ2) is 6.54. The highest BCUT2D eigenvalue weighted by molar-refractivity contribution is 7.85. The Morgan fingerprint density at radius 3 is 2.60 bits per heavy atom. The number of allylic oxidation sites excluding steroid dienone is 1. The molecule has 0 spiro atoms. The van der Waals surface area contributed by atoms with E-state index in [1.165, 1.54) is 0 Å². The van der Waals surface area contributed by atoms with E-state index in [-0.39, 0.29) is 11.2 Å². The van der Waals surface area contributed by atoms with Gasteiger partial charge in [0.1, 0.15) is 5.76 Å². The van der Waals surface area contributed by atoms with Crippen molar-refractivity contribution < 1.29 is 17.4 Å². The van der Waals surface area contributed by atoms with Crippen molar-refractivity contribution in [1.29, 1.82) is 0 Å². The summed E-state index contributed by atoms with van der Waals surface area (Å²) in [6.45, 7) is 8.18. The van der Waals surface area contributed by atoms with Gasteiger partial charge in [-0.2, -0.15) is 8.42 Å². The third kappa shape index (κ3) is 5.88. The van der Waals surface area contributed by atoms with Crippen molar-refractivity contribution in [3.8, 4) is 0 Å². The van der Waals surface area contributed by atoms with Gasteiger partial charge in [-0.05, 0) is 37.7 Å². The largest absolute Gasteiger partial charge is 0.442 e. The monoisotopic (exact) mass is 301 g/mol. The van der Waals surface area contributed by atoms with Crippen LogP contribution in [-0.2, 0) is 16.5 Å². The van der Waals surface area contributed by atoms with Gasteiger partial charge < -0.3 is 4.42 Å². The fourth-order valence-electron chi connectivity index (χ4n) is 1.59. The molecule has 0 aliphatic carbocycles. The average Bonchev–Trinajstić information content (AvgIpc) is 2.67. The van der Waals surface area contributed by atoms with Crippen molar-refractivity contribution in [2.75, 3.05) is 5.75 Å². The molecule has 0 aromatic carbocycles. The standard InChI is InChI=1S/C14H23NO4S/c1-5-14(3,4)9-8-13-15-12(11(2)19-13)7-6-10-20(16,17)18/h8-9H,5-7,10H2,1-4H3,(H,16,17,18). The predicted octanol–water partition coefficient (Wildman–Crippen LogP) is 3.25. The van der Waals surface area contributed by atoms with Gasteiger partial charge in [-0.1, -0.05) is 26.8 Å². The zero-order valence-electron chi connectivity index (χ0n) is 12.5. The van der Waals surface area contributed by atoms with Crippen molar-refractivity contribution >= 4 is 16.2 Å². The molecule has 114 valence electrons. The molecule has 1 heterocycles. The van der Waals surface area contributed by atoms with Crippen LogP contribution in [0.3, 0.4) is 0 Å². The SMILES string of the molecule is CCC(C)(C)C=Cc1nc(CCCS(=O)(=O)O)c(C)o1. The number of hydrogen-bond donors (Lipinski definition) is 1. The molecular weight excluding hydrogens is 278 g/mol. The highest BCUT2D eigenvalue weighted by atomic mass is 32.2. The number of nitrogens with zero attached hydrogens (tertiary/aromatic N) is 1. The summed E-state index contributed by atoms with van der Waals surface area (Å²) in [4.78, 5) is 4.34. The maximum absolute atomic E-state index is 10.7. The molecule has 5 nitrogen and oxygen atoms in total. The Labute approximate surface area is 120 Å². The number of rotatable bonds is 7. The molecule has 0 fully saturated rings. The smallest absolute Gasteiger partial charge is 0.264 e. The van der Waals surface area contributed by atoms with Crippen LogP contribution in [0, 0.1) is 12.3 Å². The fraction of sp³-hybridized carbons (Fsp3) is 0.643. The molecule has 0 aliphatic rings. The summed E-state index contributed by atoms with van der Waals surface area (Å²) < 4.78 is 35.5. The van der Waals surface area contributed by atoms with E-state index in [9.17, 15) is 8.42 Å². The highest BCUT2D eigenvalue weighted by Gasteiger charge is 2.13.